The van der Waals surface area contributed by atoms with E-state index in [2.05, 4.69) is 41.5 Å². The molecular weight excluding hydrogens is 252 g/mol. The molecule has 0 fully saturated rings. The molecule has 0 aromatic carbocycles. The lowest BCUT2D eigenvalue weighted by atomic mass is 10.3. The summed E-state index contributed by atoms with van der Waals surface area (Å²) in [6.45, 7) is 15.4. The normalized spacial score (nSPS) is 15.5. The Morgan fingerprint density at radius 2 is 1.11 bits per heavy atom. The molecule has 0 aromatic heterocycles. The first-order valence-corrected chi connectivity index (χ1v) is 10.3. The molecule has 0 saturated heterocycles. The van der Waals surface area contributed by atoms with Crippen molar-refractivity contribution in [2.45, 2.75) is 91.1 Å². The van der Waals surface area contributed by atoms with Crippen molar-refractivity contribution in [1.82, 2.24) is 0 Å². The van der Waals surface area contributed by atoms with Crippen LogP contribution < -0.4 is 0 Å². The second-order valence-corrected chi connectivity index (χ2v) is 9.74. The Bertz CT molecular complexity index is 187. The minimum absolute atomic E-state index is 0.580. The molecule has 0 aliphatic heterocycles. The Balaban J connectivity index is 4.85. The fourth-order valence-corrected chi connectivity index (χ4v) is 6.68. The predicted octanol–water partition coefficient (Wildman–Crippen LogP) is 5.66. The van der Waals surface area contributed by atoms with Crippen molar-refractivity contribution in [2.24, 2.45) is 0 Å². The van der Waals surface area contributed by atoms with Gasteiger partial charge in [0.2, 0.25) is 0 Å². The fourth-order valence-electron chi connectivity index (χ4n) is 2.42. The summed E-state index contributed by atoms with van der Waals surface area (Å²) < 4.78 is 12.9. The van der Waals surface area contributed by atoms with Gasteiger partial charge in [-0.15, -0.1) is 0 Å². The number of hydrogen-bond acceptors (Lipinski definition) is 2. The van der Waals surface area contributed by atoms with Gasteiger partial charge in [-0.05, 0) is 23.9 Å². The molecule has 116 valence electrons. The molecule has 0 aliphatic rings. The molecule has 19 heavy (non-hydrogen) atoms. The number of hydrogen-bond donors (Lipinski definition) is 0. The topological polar surface area (TPSA) is 18.5 Å². The maximum Gasteiger partial charge on any atom is 0.343 e. The van der Waals surface area contributed by atoms with Crippen molar-refractivity contribution in [3.8, 4) is 0 Å². The zero-order valence-electron chi connectivity index (χ0n) is 14.1. The molecule has 0 aromatic rings. The van der Waals surface area contributed by atoms with E-state index in [1.165, 1.54) is 12.8 Å². The Morgan fingerprint density at radius 3 is 1.37 bits per heavy atom. The quantitative estimate of drug-likeness (QED) is 0.340. The molecule has 0 bridgehead atoms. The summed E-state index contributed by atoms with van der Waals surface area (Å²) in [6.07, 6.45) is 7.02. The Morgan fingerprint density at radius 1 is 0.737 bits per heavy atom. The summed E-state index contributed by atoms with van der Waals surface area (Å²) in [5.74, 6) is 0. The predicted molar refractivity (Wildman–Crippen MR) is 86.9 cm³/mol. The van der Waals surface area contributed by atoms with Gasteiger partial charge in [-0.1, -0.05) is 67.2 Å². The summed E-state index contributed by atoms with van der Waals surface area (Å²) in [5, 5.41) is 0. The second-order valence-electron chi connectivity index (χ2n) is 5.74. The summed E-state index contributed by atoms with van der Waals surface area (Å²) in [6, 6.07) is 0. The van der Waals surface area contributed by atoms with Crippen LogP contribution in [0, 0.1) is 0 Å². The molecule has 2 unspecified atom stereocenters. The van der Waals surface area contributed by atoms with E-state index in [-0.39, 0.29) is 0 Å². The zero-order chi connectivity index (χ0) is 14.7. The van der Waals surface area contributed by atoms with Crippen LogP contribution in [0.2, 0.25) is 11.1 Å². The highest BCUT2D eigenvalue weighted by atomic mass is 28.4. The largest absolute Gasteiger partial charge is 0.394 e. The third-order valence-corrected chi connectivity index (χ3v) is 9.12. The minimum atomic E-state index is -2.08. The van der Waals surface area contributed by atoms with Crippen LogP contribution in [-0.4, -0.2) is 21.8 Å². The molecule has 0 spiro atoms. The van der Waals surface area contributed by atoms with Gasteiger partial charge in [0.25, 0.3) is 0 Å². The van der Waals surface area contributed by atoms with Crippen LogP contribution in [0.4, 0.5) is 0 Å². The van der Waals surface area contributed by atoms with Gasteiger partial charge < -0.3 is 8.85 Å². The standard InChI is InChI=1S/C16H36O2Si/c1-7-11-13-17-19(15(5)9-3,16(6)10-4)18-14-12-8-2/h15-16H,7-14H2,1-6H3. The van der Waals surface area contributed by atoms with E-state index >= 15 is 0 Å². The van der Waals surface area contributed by atoms with E-state index in [0.29, 0.717) is 11.1 Å². The highest BCUT2D eigenvalue weighted by Gasteiger charge is 2.47. The smallest absolute Gasteiger partial charge is 0.343 e. The molecule has 0 heterocycles. The van der Waals surface area contributed by atoms with E-state index in [1.807, 2.05) is 0 Å². The van der Waals surface area contributed by atoms with Gasteiger partial charge >= 0.3 is 8.56 Å². The first-order chi connectivity index (χ1) is 9.08. The van der Waals surface area contributed by atoms with E-state index in [9.17, 15) is 0 Å². The van der Waals surface area contributed by atoms with Gasteiger partial charge in [-0.2, -0.15) is 0 Å². The molecule has 2 nitrogen and oxygen atoms in total. The highest BCUT2D eigenvalue weighted by Crippen LogP contribution is 2.39. The van der Waals surface area contributed by atoms with Gasteiger partial charge in [0, 0.05) is 13.2 Å². The van der Waals surface area contributed by atoms with Crippen LogP contribution in [-0.2, 0) is 8.85 Å². The van der Waals surface area contributed by atoms with Gasteiger partial charge in [-0.3, -0.25) is 0 Å². The van der Waals surface area contributed by atoms with Gasteiger partial charge in [0.1, 0.15) is 0 Å². The first-order valence-electron chi connectivity index (χ1n) is 8.36. The van der Waals surface area contributed by atoms with Gasteiger partial charge in [0.15, 0.2) is 0 Å². The Kier molecular flexibility index (Phi) is 10.9. The van der Waals surface area contributed by atoms with E-state index in [4.69, 9.17) is 8.85 Å². The average molecular weight is 289 g/mol. The lowest BCUT2D eigenvalue weighted by Gasteiger charge is -2.40. The van der Waals surface area contributed by atoms with Gasteiger partial charge in [-0.25, -0.2) is 0 Å². The first kappa shape index (κ1) is 19.1. The Hall–Kier alpha value is 0.137. The molecular formula is C16H36O2Si. The molecule has 2 atom stereocenters. The number of rotatable bonds is 12. The SMILES string of the molecule is CCCCO[Si](OCCCC)(C(C)CC)C(C)CC. The summed E-state index contributed by atoms with van der Waals surface area (Å²) in [7, 11) is -2.08. The molecule has 0 saturated carbocycles. The van der Waals surface area contributed by atoms with Crippen LogP contribution in [0.25, 0.3) is 0 Å². The van der Waals surface area contributed by atoms with Crippen molar-refractivity contribution in [2.75, 3.05) is 13.2 Å². The molecule has 3 heteroatoms. The number of unbranched alkanes of at least 4 members (excludes halogenated alkanes) is 2. The highest BCUT2D eigenvalue weighted by molar-refractivity contribution is 6.70. The monoisotopic (exact) mass is 288 g/mol. The summed E-state index contributed by atoms with van der Waals surface area (Å²) in [5.41, 5.74) is 1.16. The van der Waals surface area contributed by atoms with E-state index in [0.717, 1.165) is 38.9 Å². The van der Waals surface area contributed by atoms with Gasteiger partial charge in [0.05, 0.1) is 0 Å². The van der Waals surface area contributed by atoms with Crippen LogP contribution in [0.5, 0.6) is 0 Å². The van der Waals surface area contributed by atoms with Crippen molar-refractivity contribution in [3.05, 3.63) is 0 Å². The molecule has 0 aliphatic carbocycles. The van der Waals surface area contributed by atoms with Crippen LogP contribution in [0.1, 0.15) is 80.1 Å². The zero-order valence-corrected chi connectivity index (χ0v) is 15.1. The van der Waals surface area contributed by atoms with Crippen molar-refractivity contribution < 1.29 is 8.85 Å². The lowest BCUT2D eigenvalue weighted by Crippen LogP contribution is -2.50. The maximum absolute atomic E-state index is 6.44. The fraction of sp³-hybridized carbons (Fsp3) is 1.00. The summed E-state index contributed by atoms with van der Waals surface area (Å²) in [4.78, 5) is 0. The van der Waals surface area contributed by atoms with Crippen LogP contribution >= 0.6 is 0 Å². The molecule has 0 rings (SSSR count). The third kappa shape index (κ3) is 5.97. The lowest BCUT2D eigenvalue weighted by molar-refractivity contribution is 0.144. The van der Waals surface area contributed by atoms with Crippen LogP contribution in [0.3, 0.4) is 0 Å². The van der Waals surface area contributed by atoms with Crippen molar-refractivity contribution in [1.29, 1.82) is 0 Å². The van der Waals surface area contributed by atoms with Crippen molar-refractivity contribution >= 4 is 8.56 Å². The van der Waals surface area contributed by atoms with Crippen molar-refractivity contribution in [3.63, 3.8) is 0 Å². The maximum atomic E-state index is 6.44. The van der Waals surface area contributed by atoms with E-state index in [1.54, 1.807) is 0 Å². The third-order valence-electron chi connectivity index (χ3n) is 4.25. The molecule has 0 N–H and O–H groups in total. The average Bonchev–Trinajstić information content (AvgIpc) is 2.44. The molecule has 0 radical (unpaired) electrons. The van der Waals surface area contributed by atoms with Crippen LogP contribution in [0.15, 0.2) is 0 Å². The minimum Gasteiger partial charge on any atom is -0.394 e. The Labute approximate surface area is 122 Å². The summed E-state index contributed by atoms with van der Waals surface area (Å²) >= 11 is 0. The van der Waals surface area contributed by atoms with E-state index < -0.39 is 8.56 Å². The molecule has 0 amide bonds. The second kappa shape index (κ2) is 10.9.